The second-order valence-electron chi connectivity index (χ2n) is 5.69. The second-order valence-corrected chi connectivity index (χ2v) is 5.69. The van der Waals surface area contributed by atoms with Crippen LogP contribution in [-0.2, 0) is 9.59 Å². The van der Waals surface area contributed by atoms with Crippen LogP contribution in [0.2, 0.25) is 0 Å². The lowest BCUT2D eigenvalue weighted by atomic mass is 9.76. The van der Waals surface area contributed by atoms with Crippen molar-refractivity contribution < 1.29 is 24.6 Å². The maximum atomic E-state index is 11.6. The van der Waals surface area contributed by atoms with Crippen LogP contribution >= 0.6 is 0 Å². The molecule has 114 valence electrons. The van der Waals surface area contributed by atoms with Crippen molar-refractivity contribution in [1.29, 1.82) is 0 Å². The van der Waals surface area contributed by atoms with Crippen LogP contribution in [0.5, 0.6) is 0 Å². The fourth-order valence-electron chi connectivity index (χ4n) is 2.46. The zero-order chi connectivity index (χ0) is 15.2. The molecule has 0 aromatic rings. The second kappa shape index (κ2) is 7.12. The van der Waals surface area contributed by atoms with Gasteiger partial charge in [-0.3, -0.25) is 4.79 Å². The molecule has 0 spiro atoms. The van der Waals surface area contributed by atoms with E-state index in [2.05, 4.69) is 17.6 Å². The van der Waals surface area contributed by atoms with Crippen LogP contribution in [0.15, 0.2) is 0 Å². The molecule has 0 aromatic carbocycles. The van der Waals surface area contributed by atoms with Crippen molar-refractivity contribution in [2.75, 3.05) is 6.54 Å². The maximum absolute atomic E-state index is 11.6. The average molecular weight is 286 g/mol. The Morgan fingerprint density at radius 2 is 1.75 bits per heavy atom. The molecule has 1 unspecified atom stereocenters. The summed E-state index contributed by atoms with van der Waals surface area (Å²) in [5.41, 5.74) is 0.0428. The van der Waals surface area contributed by atoms with E-state index in [0.29, 0.717) is 6.54 Å². The molecule has 1 saturated carbocycles. The van der Waals surface area contributed by atoms with Crippen LogP contribution in [-0.4, -0.2) is 40.8 Å². The lowest BCUT2D eigenvalue weighted by molar-refractivity contribution is -0.145. The average Bonchev–Trinajstić information content (AvgIpc) is 2.36. The first-order valence-corrected chi connectivity index (χ1v) is 6.81. The minimum absolute atomic E-state index is 0.0428. The van der Waals surface area contributed by atoms with E-state index in [-0.39, 0.29) is 5.41 Å². The van der Waals surface area contributed by atoms with Gasteiger partial charge in [0.25, 0.3) is 0 Å². The molecule has 0 aliphatic heterocycles. The Hall–Kier alpha value is -1.79. The molecule has 4 N–H and O–H groups in total. The number of carbonyl (C=O) groups is 3. The Kier molecular flexibility index (Phi) is 5.79. The molecule has 1 rings (SSSR count). The largest absolute Gasteiger partial charge is 0.481 e. The number of carboxylic acid groups (broad SMARTS) is 2. The van der Waals surface area contributed by atoms with Gasteiger partial charge in [-0.05, 0) is 18.3 Å². The minimum Gasteiger partial charge on any atom is -0.481 e. The van der Waals surface area contributed by atoms with E-state index >= 15 is 0 Å². The third-order valence-corrected chi connectivity index (χ3v) is 3.72. The first kappa shape index (κ1) is 16.3. The fraction of sp³-hybridized carbons (Fsp3) is 0.769. The standard InChI is InChI=1S/C13H22N2O5/c1-13(5-3-2-4-6-13)8-14-12(20)15-9(11(18)19)7-10(16)17/h9H,2-8H2,1H3,(H,16,17)(H,18,19)(H2,14,15,20). The van der Waals surface area contributed by atoms with Crippen LogP contribution in [0.25, 0.3) is 0 Å². The van der Waals surface area contributed by atoms with E-state index in [9.17, 15) is 14.4 Å². The van der Waals surface area contributed by atoms with Crippen LogP contribution in [0.3, 0.4) is 0 Å². The van der Waals surface area contributed by atoms with Crippen molar-refractivity contribution in [2.24, 2.45) is 5.41 Å². The van der Waals surface area contributed by atoms with Gasteiger partial charge in [-0.1, -0.05) is 26.2 Å². The number of amides is 2. The molecule has 2 amide bonds. The predicted molar refractivity (Wildman–Crippen MR) is 71.4 cm³/mol. The van der Waals surface area contributed by atoms with Crippen molar-refractivity contribution in [3.8, 4) is 0 Å². The molecular weight excluding hydrogens is 264 g/mol. The predicted octanol–water partition coefficient (Wildman–Crippen LogP) is 1.18. The zero-order valence-corrected chi connectivity index (χ0v) is 11.6. The molecular formula is C13H22N2O5. The van der Waals surface area contributed by atoms with Gasteiger partial charge in [0.1, 0.15) is 6.04 Å². The quantitative estimate of drug-likeness (QED) is 0.585. The molecule has 0 heterocycles. The van der Waals surface area contributed by atoms with Gasteiger partial charge in [0.05, 0.1) is 6.42 Å². The van der Waals surface area contributed by atoms with E-state index in [0.717, 1.165) is 25.7 Å². The summed E-state index contributed by atoms with van der Waals surface area (Å²) >= 11 is 0. The first-order valence-electron chi connectivity index (χ1n) is 6.81. The van der Waals surface area contributed by atoms with Gasteiger partial charge in [-0.2, -0.15) is 0 Å². The van der Waals surface area contributed by atoms with E-state index in [1.54, 1.807) is 0 Å². The number of aliphatic carboxylic acids is 2. The van der Waals surface area contributed by atoms with Gasteiger partial charge in [-0.15, -0.1) is 0 Å². The highest BCUT2D eigenvalue weighted by Crippen LogP contribution is 2.34. The van der Waals surface area contributed by atoms with Gasteiger partial charge in [0, 0.05) is 6.54 Å². The fourth-order valence-corrected chi connectivity index (χ4v) is 2.46. The molecule has 0 saturated heterocycles. The highest BCUT2D eigenvalue weighted by molar-refractivity contribution is 5.86. The summed E-state index contributed by atoms with van der Waals surface area (Å²) in [5, 5.41) is 22.2. The minimum atomic E-state index is -1.41. The molecule has 0 radical (unpaired) electrons. The van der Waals surface area contributed by atoms with Gasteiger partial charge < -0.3 is 20.8 Å². The molecule has 0 aromatic heterocycles. The van der Waals surface area contributed by atoms with E-state index < -0.39 is 30.4 Å². The van der Waals surface area contributed by atoms with Crippen molar-refractivity contribution in [3.63, 3.8) is 0 Å². The molecule has 20 heavy (non-hydrogen) atoms. The highest BCUT2D eigenvalue weighted by Gasteiger charge is 2.28. The number of hydrogen-bond donors (Lipinski definition) is 4. The summed E-state index contributed by atoms with van der Waals surface area (Å²) in [4.78, 5) is 33.0. The number of carbonyl (C=O) groups excluding carboxylic acids is 1. The molecule has 1 fully saturated rings. The molecule has 1 aliphatic rings. The van der Waals surface area contributed by atoms with Crippen LogP contribution in [0.1, 0.15) is 45.4 Å². The van der Waals surface area contributed by atoms with E-state index in [1.807, 2.05) is 0 Å². The third-order valence-electron chi connectivity index (χ3n) is 3.72. The lowest BCUT2D eigenvalue weighted by Gasteiger charge is -2.33. The van der Waals surface area contributed by atoms with Gasteiger partial charge in [-0.25, -0.2) is 9.59 Å². The summed E-state index contributed by atoms with van der Waals surface area (Å²) in [6, 6.07) is -2.04. The van der Waals surface area contributed by atoms with Crippen molar-refractivity contribution in [1.82, 2.24) is 10.6 Å². The number of rotatable bonds is 6. The van der Waals surface area contributed by atoms with Crippen LogP contribution in [0.4, 0.5) is 4.79 Å². The Balaban J connectivity index is 2.41. The number of nitrogens with one attached hydrogen (secondary N) is 2. The van der Waals surface area contributed by atoms with Crippen LogP contribution in [0, 0.1) is 5.41 Å². The molecule has 7 nitrogen and oxygen atoms in total. The smallest absolute Gasteiger partial charge is 0.326 e. The molecule has 0 bridgehead atoms. The van der Waals surface area contributed by atoms with Gasteiger partial charge in [0.15, 0.2) is 0 Å². The first-order chi connectivity index (χ1) is 9.32. The maximum Gasteiger partial charge on any atom is 0.326 e. The monoisotopic (exact) mass is 286 g/mol. The van der Waals surface area contributed by atoms with Crippen molar-refractivity contribution >= 4 is 18.0 Å². The van der Waals surface area contributed by atoms with E-state index in [1.165, 1.54) is 6.42 Å². The normalized spacial score (nSPS) is 18.9. The third kappa shape index (κ3) is 5.46. The van der Waals surface area contributed by atoms with E-state index in [4.69, 9.17) is 10.2 Å². The summed E-state index contributed by atoms with van der Waals surface area (Å²) in [6.07, 6.45) is 4.91. The molecule has 7 heteroatoms. The Bertz CT molecular complexity index is 377. The molecule has 1 atom stereocenters. The van der Waals surface area contributed by atoms with Gasteiger partial charge >= 0.3 is 18.0 Å². The Morgan fingerprint density at radius 1 is 1.15 bits per heavy atom. The highest BCUT2D eigenvalue weighted by atomic mass is 16.4. The molecule has 1 aliphatic carbocycles. The topological polar surface area (TPSA) is 116 Å². The summed E-state index contributed by atoms with van der Waals surface area (Å²) < 4.78 is 0. The Labute approximate surface area is 117 Å². The summed E-state index contributed by atoms with van der Waals surface area (Å²) in [5.74, 6) is -2.62. The summed E-state index contributed by atoms with van der Waals surface area (Å²) in [7, 11) is 0. The SMILES string of the molecule is CC1(CNC(=O)NC(CC(=O)O)C(=O)O)CCCCC1. The van der Waals surface area contributed by atoms with Crippen molar-refractivity contribution in [2.45, 2.75) is 51.5 Å². The Morgan fingerprint density at radius 3 is 2.25 bits per heavy atom. The number of urea groups is 1. The van der Waals surface area contributed by atoms with Gasteiger partial charge in [0.2, 0.25) is 0 Å². The summed E-state index contributed by atoms with van der Waals surface area (Å²) in [6.45, 7) is 2.57. The van der Waals surface area contributed by atoms with Crippen LogP contribution < -0.4 is 10.6 Å². The number of hydrogen-bond acceptors (Lipinski definition) is 3. The zero-order valence-electron chi connectivity index (χ0n) is 11.6. The number of carboxylic acids is 2. The van der Waals surface area contributed by atoms with Crippen molar-refractivity contribution in [3.05, 3.63) is 0 Å². The lowest BCUT2D eigenvalue weighted by Crippen LogP contribution is -2.49.